The molecule has 16 heavy (non-hydrogen) atoms. The Morgan fingerprint density at radius 3 is 2.56 bits per heavy atom. The molecule has 2 atom stereocenters. The molecule has 2 unspecified atom stereocenters. The predicted molar refractivity (Wildman–Crippen MR) is 75.3 cm³/mol. The van der Waals surface area contributed by atoms with Crippen LogP contribution in [0, 0.1) is 13.8 Å². The van der Waals surface area contributed by atoms with Crippen molar-refractivity contribution in [1.82, 2.24) is 5.32 Å². The normalized spacial score (nSPS) is 14.8. The molecule has 1 nitrogen and oxygen atoms in total. The maximum absolute atomic E-state index is 3.60. The second-order valence-electron chi connectivity index (χ2n) is 4.47. The Morgan fingerprint density at radius 1 is 1.25 bits per heavy atom. The average molecular weight is 237 g/mol. The van der Waals surface area contributed by atoms with E-state index in [0.29, 0.717) is 11.3 Å². The Hall–Kier alpha value is -0.470. The molecule has 1 rings (SSSR count). The zero-order valence-electron chi connectivity index (χ0n) is 11.0. The van der Waals surface area contributed by atoms with Gasteiger partial charge in [0, 0.05) is 17.8 Å². The molecule has 2 heteroatoms. The zero-order chi connectivity index (χ0) is 12.1. The number of hydrogen-bond donors (Lipinski definition) is 1. The molecule has 0 saturated carbocycles. The van der Waals surface area contributed by atoms with Gasteiger partial charge in [-0.05, 0) is 43.7 Å². The van der Waals surface area contributed by atoms with Crippen molar-refractivity contribution in [1.29, 1.82) is 0 Å². The summed E-state index contributed by atoms with van der Waals surface area (Å²) >= 11 is 1.91. The van der Waals surface area contributed by atoms with Crippen LogP contribution in [0.1, 0.15) is 36.6 Å². The molecule has 0 saturated heterocycles. The topological polar surface area (TPSA) is 12.0 Å². The highest BCUT2D eigenvalue weighted by atomic mass is 32.2. The first-order valence-electron chi connectivity index (χ1n) is 5.88. The minimum atomic E-state index is 0.439. The molecule has 0 aliphatic rings. The molecule has 0 aromatic heterocycles. The summed E-state index contributed by atoms with van der Waals surface area (Å²) in [6.45, 7) is 9.95. The van der Waals surface area contributed by atoms with Crippen LogP contribution >= 0.6 is 11.8 Å². The molecule has 0 radical (unpaired) electrons. The fourth-order valence-corrected chi connectivity index (χ4v) is 2.04. The van der Waals surface area contributed by atoms with Gasteiger partial charge in [0.15, 0.2) is 0 Å². The Labute approximate surface area is 104 Å². The first kappa shape index (κ1) is 13.6. The van der Waals surface area contributed by atoms with Crippen molar-refractivity contribution < 1.29 is 0 Å². The van der Waals surface area contributed by atoms with E-state index in [4.69, 9.17) is 0 Å². The van der Waals surface area contributed by atoms with Crippen LogP contribution in [0.25, 0.3) is 0 Å². The summed E-state index contributed by atoms with van der Waals surface area (Å²) in [7, 11) is 0. The van der Waals surface area contributed by atoms with Gasteiger partial charge < -0.3 is 5.32 Å². The van der Waals surface area contributed by atoms with Crippen molar-refractivity contribution >= 4 is 11.8 Å². The summed E-state index contributed by atoms with van der Waals surface area (Å²) in [6, 6.07) is 6.99. The van der Waals surface area contributed by atoms with Gasteiger partial charge >= 0.3 is 0 Å². The summed E-state index contributed by atoms with van der Waals surface area (Å²) in [5, 5.41) is 4.27. The highest BCUT2D eigenvalue weighted by Crippen LogP contribution is 2.20. The van der Waals surface area contributed by atoms with Crippen LogP contribution in [0.2, 0.25) is 0 Å². The fourth-order valence-electron chi connectivity index (χ4n) is 1.78. The van der Waals surface area contributed by atoms with Crippen LogP contribution in [0.3, 0.4) is 0 Å². The third-order valence-corrected chi connectivity index (χ3v) is 4.20. The predicted octanol–water partition coefficient (Wildman–Crippen LogP) is 3.71. The number of aryl methyl sites for hydroxylation is 1. The summed E-state index contributed by atoms with van der Waals surface area (Å²) in [5.74, 6) is 0. The zero-order valence-corrected chi connectivity index (χ0v) is 11.8. The first-order chi connectivity index (χ1) is 7.56. The lowest BCUT2D eigenvalue weighted by molar-refractivity contribution is 0.573. The Bertz CT molecular complexity index is 336. The lowest BCUT2D eigenvalue weighted by atomic mass is 9.98. The van der Waals surface area contributed by atoms with Gasteiger partial charge in [-0.2, -0.15) is 11.8 Å². The van der Waals surface area contributed by atoms with E-state index in [1.165, 1.54) is 16.7 Å². The third kappa shape index (κ3) is 3.53. The van der Waals surface area contributed by atoms with E-state index in [1.807, 2.05) is 11.8 Å². The van der Waals surface area contributed by atoms with Crippen molar-refractivity contribution in [3.8, 4) is 0 Å². The Balaban J connectivity index is 2.66. The van der Waals surface area contributed by atoms with Crippen molar-refractivity contribution in [2.45, 2.75) is 39.0 Å². The maximum atomic E-state index is 3.60. The van der Waals surface area contributed by atoms with Gasteiger partial charge in [0.25, 0.3) is 0 Å². The largest absolute Gasteiger partial charge is 0.309 e. The van der Waals surface area contributed by atoms with Crippen molar-refractivity contribution in [3.05, 3.63) is 34.9 Å². The number of nitrogens with one attached hydrogen (secondary N) is 1. The molecule has 1 aromatic rings. The van der Waals surface area contributed by atoms with E-state index >= 15 is 0 Å². The lowest BCUT2D eigenvalue weighted by Crippen LogP contribution is -2.26. The Kier molecular flexibility index (Phi) is 5.36. The molecule has 0 heterocycles. The van der Waals surface area contributed by atoms with Gasteiger partial charge in [-0.1, -0.05) is 25.1 Å². The van der Waals surface area contributed by atoms with Crippen LogP contribution in [0.4, 0.5) is 0 Å². The molecular formula is C14H23NS. The van der Waals surface area contributed by atoms with Gasteiger partial charge in [-0.3, -0.25) is 0 Å². The monoisotopic (exact) mass is 237 g/mol. The minimum Gasteiger partial charge on any atom is -0.309 e. The molecule has 1 aromatic carbocycles. The average Bonchev–Trinajstić information content (AvgIpc) is 2.29. The van der Waals surface area contributed by atoms with E-state index in [9.17, 15) is 0 Å². The third-order valence-electron chi connectivity index (χ3n) is 3.23. The molecule has 0 spiro atoms. The number of thioether (sulfide) groups is 1. The van der Waals surface area contributed by atoms with Crippen LogP contribution in [0.5, 0.6) is 0 Å². The molecule has 0 bridgehead atoms. The van der Waals surface area contributed by atoms with Crippen molar-refractivity contribution in [2.75, 3.05) is 12.8 Å². The molecule has 0 aliphatic heterocycles. The van der Waals surface area contributed by atoms with Gasteiger partial charge in [-0.15, -0.1) is 0 Å². The Morgan fingerprint density at radius 2 is 1.94 bits per heavy atom. The second-order valence-corrected chi connectivity index (χ2v) is 5.74. The van der Waals surface area contributed by atoms with E-state index < -0.39 is 0 Å². The quantitative estimate of drug-likeness (QED) is 0.838. The summed E-state index contributed by atoms with van der Waals surface area (Å²) < 4.78 is 0. The maximum Gasteiger partial charge on any atom is 0.0294 e. The minimum absolute atomic E-state index is 0.439. The molecular weight excluding hydrogens is 214 g/mol. The summed E-state index contributed by atoms with van der Waals surface area (Å²) in [4.78, 5) is 0. The van der Waals surface area contributed by atoms with Crippen LogP contribution < -0.4 is 5.32 Å². The number of hydrogen-bond acceptors (Lipinski definition) is 2. The molecule has 0 aliphatic carbocycles. The standard InChI is InChI=1S/C14H23NS/c1-10-7-6-8-14(12(10)3)13(4)15-9-11(2)16-5/h6-8,11,13,15H,9H2,1-5H3. The lowest BCUT2D eigenvalue weighted by Gasteiger charge is -2.19. The van der Waals surface area contributed by atoms with E-state index in [-0.39, 0.29) is 0 Å². The van der Waals surface area contributed by atoms with Crippen LogP contribution in [-0.4, -0.2) is 18.1 Å². The highest BCUT2D eigenvalue weighted by Gasteiger charge is 2.09. The van der Waals surface area contributed by atoms with Gasteiger partial charge in [0.2, 0.25) is 0 Å². The van der Waals surface area contributed by atoms with E-state index in [0.717, 1.165) is 6.54 Å². The smallest absolute Gasteiger partial charge is 0.0294 e. The van der Waals surface area contributed by atoms with Crippen LogP contribution in [0.15, 0.2) is 18.2 Å². The first-order valence-corrected chi connectivity index (χ1v) is 7.17. The summed E-state index contributed by atoms with van der Waals surface area (Å²) in [6.07, 6.45) is 2.16. The van der Waals surface area contributed by atoms with Crippen molar-refractivity contribution in [2.24, 2.45) is 0 Å². The number of rotatable bonds is 5. The molecule has 0 amide bonds. The van der Waals surface area contributed by atoms with Gasteiger partial charge in [-0.25, -0.2) is 0 Å². The molecule has 90 valence electrons. The molecule has 0 fully saturated rings. The van der Waals surface area contributed by atoms with E-state index in [1.54, 1.807) is 0 Å². The van der Waals surface area contributed by atoms with Gasteiger partial charge in [0.1, 0.15) is 0 Å². The number of benzene rings is 1. The SMILES string of the molecule is CSC(C)CNC(C)c1cccc(C)c1C. The van der Waals surface area contributed by atoms with E-state index in [2.05, 4.69) is 57.5 Å². The van der Waals surface area contributed by atoms with Gasteiger partial charge in [0.05, 0.1) is 0 Å². The summed E-state index contributed by atoms with van der Waals surface area (Å²) in [5.41, 5.74) is 4.22. The fraction of sp³-hybridized carbons (Fsp3) is 0.571. The molecule has 1 N–H and O–H groups in total. The van der Waals surface area contributed by atoms with Crippen LogP contribution in [-0.2, 0) is 0 Å². The second kappa shape index (κ2) is 6.31. The highest BCUT2D eigenvalue weighted by molar-refractivity contribution is 7.99. The van der Waals surface area contributed by atoms with Crippen molar-refractivity contribution in [3.63, 3.8) is 0 Å².